The van der Waals surface area contributed by atoms with E-state index in [1.165, 1.54) is 18.5 Å². The van der Waals surface area contributed by atoms with Crippen molar-refractivity contribution in [1.29, 1.82) is 0 Å². The lowest BCUT2D eigenvalue weighted by Gasteiger charge is -2.25. The molecule has 0 saturated carbocycles. The van der Waals surface area contributed by atoms with Gasteiger partial charge in [-0.1, -0.05) is 15.9 Å². The Hall–Kier alpha value is -2.67. The van der Waals surface area contributed by atoms with E-state index in [4.69, 9.17) is 4.74 Å². The molecule has 1 N–H and O–H groups in total. The molecule has 0 radical (unpaired) electrons. The lowest BCUT2D eigenvalue weighted by Crippen LogP contribution is -2.20. The summed E-state index contributed by atoms with van der Waals surface area (Å²) in [5, 5.41) is 7.57. The number of hydrogen-bond acceptors (Lipinski definition) is 4. The fourth-order valence-electron chi connectivity index (χ4n) is 2.89. The molecule has 0 aliphatic carbocycles. The van der Waals surface area contributed by atoms with Gasteiger partial charge >= 0.3 is 0 Å². The van der Waals surface area contributed by atoms with Crippen LogP contribution in [0.25, 0.3) is 5.70 Å². The van der Waals surface area contributed by atoms with Gasteiger partial charge in [0.25, 0.3) is 0 Å². The first-order valence-electron chi connectivity index (χ1n) is 7.63. The lowest BCUT2D eigenvalue weighted by atomic mass is 10.0. The van der Waals surface area contributed by atoms with E-state index in [2.05, 4.69) is 31.3 Å². The molecule has 0 amide bonds. The Labute approximate surface area is 152 Å². The van der Waals surface area contributed by atoms with Crippen molar-refractivity contribution < 1.29 is 9.13 Å². The van der Waals surface area contributed by atoms with Crippen molar-refractivity contribution >= 4 is 27.6 Å². The normalized spacial score (nSPS) is 16.0. The van der Waals surface area contributed by atoms with Gasteiger partial charge in [-0.25, -0.2) is 9.07 Å². The maximum atomic E-state index is 13.2. The number of ether oxygens (including phenoxy) is 1. The summed E-state index contributed by atoms with van der Waals surface area (Å²) in [4.78, 5) is 4.28. The van der Waals surface area contributed by atoms with Gasteiger partial charge in [0.05, 0.1) is 7.11 Å². The molecule has 2 aromatic carbocycles. The van der Waals surface area contributed by atoms with Crippen molar-refractivity contribution in [1.82, 2.24) is 14.8 Å². The van der Waals surface area contributed by atoms with Crippen LogP contribution in [0.1, 0.15) is 17.2 Å². The van der Waals surface area contributed by atoms with Crippen LogP contribution in [0.5, 0.6) is 5.75 Å². The summed E-state index contributed by atoms with van der Waals surface area (Å²) in [6.07, 6.45) is 3.53. The van der Waals surface area contributed by atoms with Crippen LogP contribution < -0.4 is 10.1 Å². The summed E-state index contributed by atoms with van der Waals surface area (Å²) >= 11 is 3.51. The minimum absolute atomic E-state index is 0.203. The summed E-state index contributed by atoms with van der Waals surface area (Å²) in [6.45, 7) is 0. The summed E-state index contributed by atoms with van der Waals surface area (Å²) in [7, 11) is 1.64. The molecular formula is C18H14BrFN4O. The first-order chi connectivity index (χ1) is 12.2. The van der Waals surface area contributed by atoms with Gasteiger partial charge in [0.2, 0.25) is 5.95 Å². The number of hydrogen-bond donors (Lipinski definition) is 1. The quantitative estimate of drug-likeness (QED) is 0.713. The third-order valence-corrected chi connectivity index (χ3v) is 4.57. The third kappa shape index (κ3) is 2.91. The second-order valence-electron chi connectivity index (χ2n) is 5.57. The summed E-state index contributed by atoms with van der Waals surface area (Å²) in [6, 6.07) is 12.0. The zero-order valence-corrected chi connectivity index (χ0v) is 14.9. The van der Waals surface area contributed by atoms with Crippen molar-refractivity contribution in [3.05, 3.63) is 76.3 Å². The van der Waals surface area contributed by atoms with Crippen molar-refractivity contribution in [2.24, 2.45) is 0 Å². The Kier molecular flexibility index (Phi) is 4.01. The van der Waals surface area contributed by atoms with Gasteiger partial charge < -0.3 is 10.1 Å². The number of fused-ring (bicyclic) bond motifs is 1. The Balaban J connectivity index is 1.85. The predicted octanol–water partition coefficient (Wildman–Crippen LogP) is 4.24. The van der Waals surface area contributed by atoms with E-state index in [-0.39, 0.29) is 11.9 Å². The molecule has 0 saturated heterocycles. The number of allylic oxidation sites excluding steroid dienone is 1. The minimum Gasteiger partial charge on any atom is -0.496 e. The topological polar surface area (TPSA) is 52.0 Å². The number of aromatic nitrogens is 3. The average Bonchev–Trinajstić information content (AvgIpc) is 3.10. The van der Waals surface area contributed by atoms with Gasteiger partial charge in [-0.2, -0.15) is 10.1 Å². The van der Waals surface area contributed by atoms with Crippen molar-refractivity contribution in [2.45, 2.75) is 6.04 Å². The van der Waals surface area contributed by atoms with E-state index in [1.54, 1.807) is 23.9 Å². The van der Waals surface area contributed by atoms with Crippen LogP contribution in [-0.4, -0.2) is 21.9 Å². The van der Waals surface area contributed by atoms with Gasteiger partial charge in [0, 0.05) is 15.7 Å². The zero-order valence-electron chi connectivity index (χ0n) is 13.3. The molecule has 0 unspecified atom stereocenters. The first-order valence-corrected chi connectivity index (χ1v) is 8.43. The standard InChI is InChI=1S/C18H14BrFN4O/c1-25-17-7-4-12(19)8-14(17)16-9-15(11-2-5-13(20)6-3-11)23-18-21-10-22-24(16)18/h2-10,16H,1H3,(H,21,22,23)/t16-/m1/s1. The highest BCUT2D eigenvalue weighted by atomic mass is 79.9. The molecule has 4 rings (SSSR count). The van der Waals surface area contributed by atoms with Crippen LogP contribution in [0.2, 0.25) is 0 Å². The lowest BCUT2D eigenvalue weighted by molar-refractivity contribution is 0.404. The van der Waals surface area contributed by atoms with Crippen LogP contribution in [0.15, 0.2) is 59.3 Å². The van der Waals surface area contributed by atoms with E-state index in [0.717, 1.165) is 27.0 Å². The van der Waals surface area contributed by atoms with Crippen LogP contribution in [0, 0.1) is 5.82 Å². The second kappa shape index (κ2) is 6.33. The SMILES string of the molecule is COc1ccc(Br)cc1[C@H]1C=C(c2ccc(F)cc2)Nc2ncnn21. The predicted molar refractivity (Wildman–Crippen MR) is 96.9 cm³/mol. The Morgan fingerprint density at radius 1 is 1.20 bits per heavy atom. The van der Waals surface area contributed by atoms with Crippen molar-refractivity contribution in [3.63, 3.8) is 0 Å². The monoisotopic (exact) mass is 400 g/mol. The average molecular weight is 401 g/mol. The molecule has 2 heterocycles. The number of benzene rings is 2. The van der Waals surface area contributed by atoms with Gasteiger partial charge in [-0.05, 0) is 54.1 Å². The number of methoxy groups -OCH3 is 1. The molecule has 126 valence electrons. The van der Waals surface area contributed by atoms with E-state index in [0.29, 0.717) is 5.95 Å². The smallest absolute Gasteiger partial charge is 0.226 e. The van der Waals surface area contributed by atoms with Crippen molar-refractivity contribution in [3.8, 4) is 5.75 Å². The molecule has 7 heteroatoms. The first kappa shape index (κ1) is 15.8. The van der Waals surface area contributed by atoms with Crippen LogP contribution in [0.4, 0.5) is 10.3 Å². The van der Waals surface area contributed by atoms with E-state index in [1.807, 2.05) is 24.3 Å². The number of halogens is 2. The molecule has 1 atom stereocenters. The van der Waals surface area contributed by atoms with Crippen LogP contribution in [-0.2, 0) is 0 Å². The summed E-state index contributed by atoms with van der Waals surface area (Å²) in [5.74, 6) is 1.11. The van der Waals surface area contributed by atoms with Gasteiger partial charge in [0.1, 0.15) is 23.9 Å². The highest BCUT2D eigenvalue weighted by Crippen LogP contribution is 2.37. The molecule has 0 bridgehead atoms. The molecule has 25 heavy (non-hydrogen) atoms. The molecule has 5 nitrogen and oxygen atoms in total. The fraction of sp³-hybridized carbons (Fsp3) is 0.111. The maximum absolute atomic E-state index is 13.2. The van der Waals surface area contributed by atoms with Gasteiger partial charge in [-0.15, -0.1) is 0 Å². The summed E-state index contributed by atoms with van der Waals surface area (Å²) < 4.78 is 21.5. The molecule has 1 aliphatic heterocycles. The third-order valence-electron chi connectivity index (χ3n) is 4.07. The van der Waals surface area contributed by atoms with E-state index < -0.39 is 0 Å². The fourth-order valence-corrected chi connectivity index (χ4v) is 3.27. The zero-order chi connectivity index (χ0) is 17.4. The Morgan fingerprint density at radius 2 is 2.00 bits per heavy atom. The number of nitrogens with one attached hydrogen (secondary N) is 1. The van der Waals surface area contributed by atoms with Gasteiger partial charge in [-0.3, -0.25) is 0 Å². The van der Waals surface area contributed by atoms with Crippen LogP contribution in [0.3, 0.4) is 0 Å². The highest BCUT2D eigenvalue weighted by Gasteiger charge is 2.26. The second-order valence-corrected chi connectivity index (χ2v) is 6.49. The van der Waals surface area contributed by atoms with E-state index >= 15 is 0 Å². The maximum Gasteiger partial charge on any atom is 0.226 e. The Morgan fingerprint density at radius 3 is 2.76 bits per heavy atom. The highest BCUT2D eigenvalue weighted by molar-refractivity contribution is 9.10. The molecule has 0 spiro atoms. The number of rotatable bonds is 3. The molecule has 1 aromatic heterocycles. The molecule has 1 aliphatic rings. The molecule has 3 aromatic rings. The summed E-state index contributed by atoms with van der Waals surface area (Å²) in [5.41, 5.74) is 2.66. The van der Waals surface area contributed by atoms with Crippen molar-refractivity contribution in [2.75, 3.05) is 12.4 Å². The minimum atomic E-state index is -0.270. The molecule has 0 fully saturated rings. The molecular weight excluding hydrogens is 387 g/mol. The number of nitrogens with zero attached hydrogens (tertiary/aromatic N) is 3. The Bertz CT molecular complexity index is 952. The number of anilines is 1. The largest absolute Gasteiger partial charge is 0.496 e. The van der Waals surface area contributed by atoms with Crippen LogP contribution >= 0.6 is 15.9 Å². The van der Waals surface area contributed by atoms with E-state index in [9.17, 15) is 4.39 Å². The van der Waals surface area contributed by atoms with Gasteiger partial charge in [0.15, 0.2) is 0 Å².